The standard InChI is InChI=1S/C12H14BrClO2/c1-16-12(15)11-5-4-9(3-2-6-13)7-10(11)8-14/h4-5,7H,2-3,6,8H2,1H3. The normalized spacial score (nSPS) is 10.2. The van der Waals surface area contributed by atoms with Crippen LogP contribution < -0.4 is 0 Å². The van der Waals surface area contributed by atoms with Gasteiger partial charge in [-0.05, 0) is 30.0 Å². The van der Waals surface area contributed by atoms with E-state index in [1.807, 2.05) is 12.1 Å². The second-order valence-corrected chi connectivity index (χ2v) is 4.47. The number of alkyl halides is 2. The Hall–Kier alpha value is -0.540. The van der Waals surface area contributed by atoms with Crippen molar-refractivity contribution in [2.24, 2.45) is 0 Å². The van der Waals surface area contributed by atoms with Crippen molar-refractivity contribution in [3.8, 4) is 0 Å². The summed E-state index contributed by atoms with van der Waals surface area (Å²) in [5, 5.41) is 0.974. The van der Waals surface area contributed by atoms with Crippen molar-refractivity contribution in [1.82, 2.24) is 0 Å². The predicted molar refractivity (Wildman–Crippen MR) is 69.5 cm³/mol. The van der Waals surface area contributed by atoms with E-state index in [0.29, 0.717) is 11.4 Å². The number of hydrogen-bond donors (Lipinski definition) is 0. The second kappa shape index (κ2) is 6.92. The number of rotatable bonds is 5. The fourth-order valence-electron chi connectivity index (χ4n) is 1.49. The summed E-state index contributed by atoms with van der Waals surface area (Å²) in [7, 11) is 1.37. The molecule has 0 saturated carbocycles. The van der Waals surface area contributed by atoms with Gasteiger partial charge < -0.3 is 4.74 Å². The third-order valence-corrected chi connectivity index (χ3v) is 3.17. The van der Waals surface area contributed by atoms with Gasteiger partial charge in [-0.25, -0.2) is 4.79 Å². The van der Waals surface area contributed by atoms with Gasteiger partial charge in [0.2, 0.25) is 0 Å². The zero-order valence-electron chi connectivity index (χ0n) is 9.13. The zero-order valence-corrected chi connectivity index (χ0v) is 11.5. The van der Waals surface area contributed by atoms with Crippen LogP contribution in [0, 0.1) is 0 Å². The molecule has 0 atom stereocenters. The molecule has 4 heteroatoms. The van der Waals surface area contributed by atoms with E-state index in [2.05, 4.69) is 15.9 Å². The van der Waals surface area contributed by atoms with Crippen LogP contribution in [0.15, 0.2) is 18.2 Å². The average Bonchev–Trinajstić information content (AvgIpc) is 2.34. The molecule has 0 fully saturated rings. The van der Waals surface area contributed by atoms with Crippen LogP contribution in [0.2, 0.25) is 0 Å². The molecule has 16 heavy (non-hydrogen) atoms. The number of ether oxygens (including phenoxy) is 1. The van der Waals surface area contributed by atoms with Crippen molar-refractivity contribution in [3.63, 3.8) is 0 Å². The molecule has 88 valence electrons. The molecular weight excluding hydrogens is 291 g/mol. The van der Waals surface area contributed by atoms with Crippen LogP contribution in [0.1, 0.15) is 27.9 Å². The van der Waals surface area contributed by atoms with Crippen molar-refractivity contribution in [2.45, 2.75) is 18.7 Å². The minimum atomic E-state index is -0.331. The number of esters is 1. The van der Waals surface area contributed by atoms with Crippen LogP contribution in [-0.2, 0) is 17.0 Å². The van der Waals surface area contributed by atoms with Crippen LogP contribution in [0.4, 0.5) is 0 Å². The van der Waals surface area contributed by atoms with E-state index in [9.17, 15) is 4.79 Å². The quantitative estimate of drug-likeness (QED) is 0.614. The summed E-state index contributed by atoms with van der Waals surface area (Å²) in [6.45, 7) is 0. The number of aryl methyl sites for hydroxylation is 1. The van der Waals surface area contributed by atoms with E-state index in [0.717, 1.165) is 23.7 Å². The summed E-state index contributed by atoms with van der Waals surface area (Å²) in [5.41, 5.74) is 2.59. The van der Waals surface area contributed by atoms with Gasteiger partial charge in [-0.15, -0.1) is 11.6 Å². The number of hydrogen-bond acceptors (Lipinski definition) is 2. The molecule has 0 spiro atoms. The molecular formula is C12H14BrClO2. The smallest absolute Gasteiger partial charge is 0.338 e. The zero-order chi connectivity index (χ0) is 12.0. The monoisotopic (exact) mass is 304 g/mol. The molecule has 1 aromatic carbocycles. The maximum atomic E-state index is 11.4. The van der Waals surface area contributed by atoms with Crippen LogP contribution in [0.3, 0.4) is 0 Å². The lowest BCUT2D eigenvalue weighted by Gasteiger charge is -2.07. The van der Waals surface area contributed by atoms with Gasteiger partial charge in [-0.1, -0.05) is 28.1 Å². The van der Waals surface area contributed by atoms with Gasteiger partial charge >= 0.3 is 5.97 Å². The maximum absolute atomic E-state index is 11.4. The first kappa shape index (κ1) is 13.5. The Morgan fingerprint density at radius 2 is 2.25 bits per heavy atom. The molecule has 0 radical (unpaired) electrons. The summed E-state index contributed by atoms with van der Waals surface area (Å²) < 4.78 is 4.69. The van der Waals surface area contributed by atoms with E-state index in [1.54, 1.807) is 6.07 Å². The first-order chi connectivity index (χ1) is 7.72. The summed E-state index contributed by atoms with van der Waals surface area (Å²) >= 11 is 9.21. The number of carbonyl (C=O) groups excluding carboxylic acids is 1. The third kappa shape index (κ3) is 3.49. The van der Waals surface area contributed by atoms with Crippen LogP contribution in [0.5, 0.6) is 0 Å². The van der Waals surface area contributed by atoms with Crippen LogP contribution in [0.25, 0.3) is 0 Å². The molecule has 0 heterocycles. The van der Waals surface area contributed by atoms with Crippen LogP contribution >= 0.6 is 27.5 Å². The Kier molecular flexibility index (Phi) is 5.85. The van der Waals surface area contributed by atoms with Crippen molar-refractivity contribution >= 4 is 33.5 Å². The molecule has 0 aromatic heterocycles. The largest absolute Gasteiger partial charge is 0.465 e. The van der Waals surface area contributed by atoms with Crippen LogP contribution in [-0.4, -0.2) is 18.4 Å². The van der Waals surface area contributed by atoms with Crippen molar-refractivity contribution in [1.29, 1.82) is 0 Å². The molecule has 1 rings (SSSR count). The fraction of sp³-hybridized carbons (Fsp3) is 0.417. The minimum absolute atomic E-state index is 0.326. The van der Waals surface area contributed by atoms with E-state index in [1.165, 1.54) is 12.7 Å². The Morgan fingerprint density at radius 1 is 1.50 bits per heavy atom. The van der Waals surface area contributed by atoms with Gasteiger partial charge in [0.1, 0.15) is 0 Å². The molecule has 0 aliphatic heterocycles. The highest BCUT2D eigenvalue weighted by Crippen LogP contribution is 2.17. The minimum Gasteiger partial charge on any atom is -0.465 e. The van der Waals surface area contributed by atoms with Gasteiger partial charge in [0.25, 0.3) is 0 Å². The van der Waals surface area contributed by atoms with Gasteiger partial charge in [-0.3, -0.25) is 0 Å². The summed E-state index contributed by atoms with van der Waals surface area (Å²) in [5.74, 6) is -0.00486. The second-order valence-electron chi connectivity index (χ2n) is 3.41. The topological polar surface area (TPSA) is 26.3 Å². The lowest BCUT2D eigenvalue weighted by molar-refractivity contribution is 0.0600. The third-order valence-electron chi connectivity index (χ3n) is 2.32. The molecule has 2 nitrogen and oxygen atoms in total. The maximum Gasteiger partial charge on any atom is 0.338 e. The van der Waals surface area contributed by atoms with E-state index in [-0.39, 0.29) is 5.97 Å². The predicted octanol–water partition coefficient (Wildman–Crippen LogP) is 3.54. The van der Waals surface area contributed by atoms with E-state index >= 15 is 0 Å². The summed E-state index contributed by atoms with van der Waals surface area (Å²) in [4.78, 5) is 11.4. The van der Waals surface area contributed by atoms with Crippen molar-refractivity contribution in [2.75, 3.05) is 12.4 Å². The van der Waals surface area contributed by atoms with E-state index in [4.69, 9.17) is 16.3 Å². The number of carbonyl (C=O) groups is 1. The molecule has 0 aliphatic carbocycles. The Balaban J connectivity index is 2.92. The molecule has 0 unspecified atom stereocenters. The Labute approximate surface area is 109 Å². The summed E-state index contributed by atoms with van der Waals surface area (Å²) in [6.07, 6.45) is 2.05. The average molecular weight is 306 g/mol. The Morgan fingerprint density at radius 3 is 2.81 bits per heavy atom. The highest BCUT2D eigenvalue weighted by Gasteiger charge is 2.11. The Bertz CT molecular complexity index is 366. The molecule has 1 aromatic rings. The molecule has 0 bridgehead atoms. The first-order valence-electron chi connectivity index (χ1n) is 5.05. The number of benzene rings is 1. The molecule has 0 saturated heterocycles. The van der Waals surface area contributed by atoms with Gasteiger partial charge in [-0.2, -0.15) is 0 Å². The van der Waals surface area contributed by atoms with Gasteiger partial charge in [0, 0.05) is 11.2 Å². The van der Waals surface area contributed by atoms with Crippen molar-refractivity contribution in [3.05, 3.63) is 34.9 Å². The fourth-order valence-corrected chi connectivity index (χ4v) is 1.99. The number of halogens is 2. The lowest BCUT2D eigenvalue weighted by Crippen LogP contribution is -2.05. The number of methoxy groups -OCH3 is 1. The molecule has 0 N–H and O–H groups in total. The highest BCUT2D eigenvalue weighted by atomic mass is 79.9. The SMILES string of the molecule is COC(=O)c1ccc(CCCBr)cc1CCl. The van der Waals surface area contributed by atoms with Gasteiger partial charge in [0.05, 0.1) is 12.7 Å². The first-order valence-corrected chi connectivity index (χ1v) is 6.70. The van der Waals surface area contributed by atoms with E-state index < -0.39 is 0 Å². The lowest BCUT2D eigenvalue weighted by atomic mass is 10.0. The summed E-state index contributed by atoms with van der Waals surface area (Å²) in [6, 6.07) is 5.71. The van der Waals surface area contributed by atoms with Gasteiger partial charge in [0.15, 0.2) is 0 Å². The highest BCUT2D eigenvalue weighted by molar-refractivity contribution is 9.09. The molecule has 0 aliphatic rings. The van der Waals surface area contributed by atoms with Crippen molar-refractivity contribution < 1.29 is 9.53 Å². The molecule has 0 amide bonds.